The van der Waals surface area contributed by atoms with E-state index in [2.05, 4.69) is 5.32 Å². The van der Waals surface area contributed by atoms with Gasteiger partial charge in [0.15, 0.2) is 0 Å². The van der Waals surface area contributed by atoms with Crippen molar-refractivity contribution in [2.24, 2.45) is 23.5 Å². The molecule has 1 rings (SSSR count). The van der Waals surface area contributed by atoms with Crippen LogP contribution in [0.5, 0.6) is 0 Å². The fourth-order valence-corrected chi connectivity index (χ4v) is 2.60. The van der Waals surface area contributed by atoms with Gasteiger partial charge >= 0.3 is 6.18 Å². The van der Waals surface area contributed by atoms with E-state index in [1.807, 2.05) is 0 Å². The first-order valence-corrected chi connectivity index (χ1v) is 5.80. The minimum Gasteiger partial charge on any atom is -0.368 e. The summed E-state index contributed by atoms with van der Waals surface area (Å²) in [5, 5.41) is 2.75. The molecule has 104 valence electrons. The predicted molar refractivity (Wildman–Crippen MR) is 58.5 cm³/mol. The van der Waals surface area contributed by atoms with E-state index < -0.39 is 41.7 Å². The van der Waals surface area contributed by atoms with E-state index in [0.717, 1.165) is 0 Å². The minimum atomic E-state index is -4.88. The highest BCUT2D eigenvalue weighted by atomic mass is 19.4. The van der Waals surface area contributed by atoms with Crippen molar-refractivity contribution in [2.45, 2.75) is 32.5 Å². The Kier molecular flexibility index (Phi) is 4.37. The molecule has 0 spiro atoms. The molecule has 0 aromatic carbocycles. The molecule has 0 saturated carbocycles. The van der Waals surface area contributed by atoms with Crippen molar-refractivity contribution in [1.29, 1.82) is 0 Å². The Labute approximate surface area is 103 Å². The molecule has 1 aliphatic rings. The third-order valence-corrected chi connectivity index (χ3v) is 3.34. The zero-order valence-corrected chi connectivity index (χ0v) is 10.3. The summed E-state index contributed by atoms with van der Waals surface area (Å²) in [6.07, 6.45) is -4.53. The third-order valence-electron chi connectivity index (χ3n) is 3.34. The SMILES string of the molecule is CC(C)C(C(=O)C(F)(F)F)C1CCN[C@@H]1C(N)=O. The fraction of sp³-hybridized carbons (Fsp3) is 0.818. The van der Waals surface area contributed by atoms with E-state index in [9.17, 15) is 22.8 Å². The molecular formula is C11H17F3N2O2. The molecule has 1 amide bonds. The van der Waals surface area contributed by atoms with Crippen LogP contribution in [0.1, 0.15) is 20.3 Å². The number of halogens is 3. The van der Waals surface area contributed by atoms with Crippen molar-refractivity contribution in [1.82, 2.24) is 5.32 Å². The smallest absolute Gasteiger partial charge is 0.368 e. The second kappa shape index (κ2) is 5.26. The Bertz CT molecular complexity index is 342. The molecule has 0 aromatic rings. The standard InChI is InChI=1S/C11H17F3N2O2/c1-5(2)7(9(17)11(12,13)14)6-3-4-16-8(6)10(15)18/h5-8,16H,3-4H2,1-2H3,(H2,15,18)/t6?,7?,8-/m0/s1. The van der Waals surface area contributed by atoms with Crippen LogP contribution in [0.25, 0.3) is 0 Å². The van der Waals surface area contributed by atoms with Crippen LogP contribution >= 0.6 is 0 Å². The lowest BCUT2D eigenvalue weighted by Gasteiger charge is -2.29. The van der Waals surface area contributed by atoms with Gasteiger partial charge in [0, 0.05) is 5.92 Å². The van der Waals surface area contributed by atoms with Crippen LogP contribution in [-0.2, 0) is 9.59 Å². The summed E-state index contributed by atoms with van der Waals surface area (Å²) in [6.45, 7) is 3.49. The lowest BCUT2D eigenvalue weighted by Crippen LogP contribution is -2.47. The van der Waals surface area contributed by atoms with Gasteiger partial charge in [-0.15, -0.1) is 0 Å². The zero-order chi connectivity index (χ0) is 14.1. The quantitative estimate of drug-likeness (QED) is 0.792. The maximum atomic E-state index is 12.6. The molecule has 4 nitrogen and oxygen atoms in total. The van der Waals surface area contributed by atoms with Crippen molar-refractivity contribution in [2.75, 3.05) is 6.54 Å². The predicted octanol–water partition coefficient (Wildman–Crippen LogP) is 0.853. The van der Waals surface area contributed by atoms with Crippen LogP contribution in [0.15, 0.2) is 0 Å². The monoisotopic (exact) mass is 266 g/mol. The minimum absolute atomic E-state index is 0.346. The first-order chi connectivity index (χ1) is 8.16. The lowest BCUT2D eigenvalue weighted by atomic mass is 9.76. The summed E-state index contributed by atoms with van der Waals surface area (Å²) < 4.78 is 37.7. The summed E-state index contributed by atoms with van der Waals surface area (Å²) in [6, 6.07) is -0.858. The van der Waals surface area contributed by atoms with Gasteiger partial charge in [-0.25, -0.2) is 0 Å². The van der Waals surface area contributed by atoms with Gasteiger partial charge in [0.05, 0.1) is 6.04 Å². The summed E-state index contributed by atoms with van der Waals surface area (Å²) in [5.74, 6) is -4.88. The largest absolute Gasteiger partial charge is 0.450 e. The van der Waals surface area contributed by atoms with Crippen molar-refractivity contribution >= 4 is 11.7 Å². The van der Waals surface area contributed by atoms with Gasteiger partial charge in [-0.05, 0) is 24.8 Å². The average Bonchev–Trinajstić information content (AvgIpc) is 2.64. The molecular weight excluding hydrogens is 249 g/mol. The molecule has 0 aliphatic carbocycles. The van der Waals surface area contributed by atoms with Crippen molar-refractivity contribution < 1.29 is 22.8 Å². The van der Waals surface area contributed by atoms with Crippen LogP contribution in [0.2, 0.25) is 0 Å². The molecule has 2 unspecified atom stereocenters. The molecule has 3 atom stereocenters. The van der Waals surface area contributed by atoms with E-state index in [1.165, 1.54) is 0 Å². The average molecular weight is 266 g/mol. The summed E-state index contributed by atoms with van der Waals surface area (Å²) in [4.78, 5) is 22.6. The Hall–Kier alpha value is -1.11. The lowest BCUT2D eigenvalue weighted by molar-refractivity contribution is -0.179. The normalized spacial score (nSPS) is 26.3. The first-order valence-electron chi connectivity index (χ1n) is 5.80. The van der Waals surface area contributed by atoms with Crippen LogP contribution < -0.4 is 11.1 Å². The van der Waals surface area contributed by atoms with Crippen LogP contribution in [0.3, 0.4) is 0 Å². The van der Waals surface area contributed by atoms with Gasteiger partial charge in [-0.3, -0.25) is 9.59 Å². The number of amides is 1. The van der Waals surface area contributed by atoms with Gasteiger partial charge in [-0.2, -0.15) is 13.2 Å². The van der Waals surface area contributed by atoms with Gasteiger partial charge in [0.25, 0.3) is 0 Å². The number of Topliss-reactive ketones (excluding diaryl/α,β-unsaturated/α-hetero) is 1. The molecule has 18 heavy (non-hydrogen) atoms. The maximum absolute atomic E-state index is 12.6. The molecule has 0 bridgehead atoms. The van der Waals surface area contributed by atoms with Crippen molar-refractivity contribution in [3.63, 3.8) is 0 Å². The molecule has 1 saturated heterocycles. The second-order valence-corrected chi connectivity index (χ2v) is 4.92. The zero-order valence-electron chi connectivity index (χ0n) is 10.3. The third kappa shape index (κ3) is 3.01. The Morgan fingerprint density at radius 2 is 1.89 bits per heavy atom. The maximum Gasteiger partial charge on any atom is 0.450 e. The number of rotatable bonds is 4. The summed E-state index contributed by atoms with van der Waals surface area (Å²) in [5.41, 5.74) is 5.14. The van der Waals surface area contributed by atoms with Crippen LogP contribution in [-0.4, -0.2) is 30.5 Å². The van der Waals surface area contributed by atoms with Gasteiger partial charge < -0.3 is 11.1 Å². The van der Waals surface area contributed by atoms with E-state index >= 15 is 0 Å². The number of alkyl halides is 3. The molecule has 7 heteroatoms. The second-order valence-electron chi connectivity index (χ2n) is 4.92. The number of hydrogen-bond acceptors (Lipinski definition) is 3. The van der Waals surface area contributed by atoms with Crippen LogP contribution in [0.4, 0.5) is 13.2 Å². The molecule has 3 N–H and O–H groups in total. The van der Waals surface area contributed by atoms with E-state index in [-0.39, 0.29) is 0 Å². The molecule has 0 radical (unpaired) electrons. The summed E-state index contributed by atoms with van der Waals surface area (Å²) >= 11 is 0. The number of carbonyl (C=O) groups is 2. The molecule has 1 heterocycles. The molecule has 1 fully saturated rings. The number of nitrogens with one attached hydrogen (secondary N) is 1. The molecule has 1 aliphatic heterocycles. The highest BCUT2D eigenvalue weighted by Gasteiger charge is 2.50. The Balaban J connectivity index is 2.99. The topological polar surface area (TPSA) is 72.2 Å². The number of carbonyl (C=O) groups excluding carboxylic acids is 2. The van der Waals surface area contributed by atoms with E-state index in [0.29, 0.717) is 13.0 Å². The number of ketones is 1. The fourth-order valence-electron chi connectivity index (χ4n) is 2.60. The first kappa shape index (κ1) is 14.9. The highest BCUT2D eigenvalue weighted by Crippen LogP contribution is 2.35. The van der Waals surface area contributed by atoms with Crippen LogP contribution in [0, 0.1) is 17.8 Å². The van der Waals surface area contributed by atoms with Crippen molar-refractivity contribution in [3.05, 3.63) is 0 Å². The number of primary amides is 1. The van der Waals surface area contributed by atoms with Crippen molar-refractivity contribution in [3.8, 4) is 0 Å². The van der Waals surface area contributed by atoms with Gasteiger partial charge in [-0.1, -0.05) is 13.8 Å². The Morgan fingerprint density at radius 3 is 2.28 bits per heavy atom. The van der Waals surface area contributed by atoms with E-state index in [1.54, 1.807) is 13.8 Å². The van der Waals surface area contributed by atoms with E-state index in [4.69, 9.17) is 5.73 Å². The molecule has 0 aromatic heterocycles. The number of hydrogen-bond donors (Lipinski definition) is 2. The summed E-state index contributed by atoms with van der Waals surface area (Å²) in [7, 11) is 0. The van der Waals surface area contributed by atoms with Gasteiger partial charge in [0.2, 0.25) is 11.7 Å². The Morgan fingerprint density at radius 1 is 1.33 bits per heavy atom. The number of nitrogens with two attached hydrogens (primary N) is 1. The highest BCUT2D eigenvalue weighted by molar-refractivity contribution is 5.88. The van der Waals surface area contributed by atoms with Gasteiger partial charge in [0.1, 0.15) is 0 Å².